The van der Waals surface area contributed by atoms with E-state index >= 15 is 0 Å². The maximum atomic E-state index is 6.16. The molecular weight excluding hydrogens is 388 g/mol. The Balaban J connectivity index is 2.05. The Morgan fingerprint density at radius 3 is 2.50 bits per heavy atom. The number of unbranched alkanes of at least 4 members (excludes halogenated alkanes) is 1. The van der Waals surface area contributed by atoms with Crippen molar-refractivity contribution < 1.29 is 0 Å². The molecule has 0 N–H and O–H groups in total. The maximum Gasteiger partial charge on any atom is 0.166 e. The average molecular weight is 413 g/mol. The molecule has 1 unspecified atom stereocenters. The van der Waals surface area contributed by atoms with Gasteiger partial charge in [-0.1, -0.05) is 43.5 Å². The fourth-order valence-corrected chi connectivity index (χ4v) is 5.19. The zero-order chi connectivity index (χ0) is 20.1. The topological polar surface area (TPSA) is 43.1 Å². The quantitative estimate of drug-likeness (QED) is 0.514. The Bertz CT molecular complexity index is 1060. The summed E-state index contributed by atoms with van der Waals surface area (Å²) in [4.78, 5) is 6.67. The molecule has 2 aromatic heterocycles. The lowest BCUT2D eigenvalue weighted by atomic mass is 9.93. The van der Waals surface area contributed by atoms with Crippen molar-refractivity contribution in [3.63, 3.8) is 0 Å². The van der Waals surface area contributed by atoms with Crippen LogP contribution in [0.5, 0.6) is 0 Å². The summed E-state index contributed by atoms with van der Waals surface area (Å²) in [5, 5.41) is 10.9. The van der Waals surface area contributed by atoms with E-state index in [9.17, 15) is 0 Å². The molecule has 4 rings (SSSR count). The summed E-state index contributed by atoms with van der Waals surface area (Å²) >= 11 is 7.95. The summed E-state index contributed by atoms with van der Waals surface area (Å²) in [6, 6.07) is 8.01. The molecule has 146 valence electrons. The number of nitrogens with zero attached hydrogens (tertiary/aromatic N) is 4. The zero-order valence-corrected chi connectivity index (χ0v) is 18.6. The second-order valence-electron chi connectivity index (χ2n) is 7.71. The third-order valence-electron chi connectivity index (χ3n) is 5.61. The van der Waals surface area contributed by atoms with Gasteiger partial charge in [-0.25, -0.2) is 0 Å². The van der Waals surface area contributed by atoms with Crippen LogP contribution in [0.2, 0.25) is 5.02 Å². The van der Waals surface area contributed by atoms with Gasteiger partial charge >= 0.3 is 0 Å². The molecule has 0 saturated carbocycles. The highest BCUT2D eigenvalue weighted by molar-refractivity contribution is 7.15. The molecule has 0 saturated heterocycles. The van der Waals surface area contributed by atoms with Gasteiger partial charge in [-0.2, -0.15) is 0 Å². The third-order valence-corrected chi connectivity index (χ3v) is 7.05. The van der Waals surface area contributed by atoms with Crippen LogP contribution in [-0.4, -0.2) is 20.5 Å². The predicted octanol–water partition coefficient (Wildman–Crippen LogP) is 6.16. The first-order chi connectivity index (χ1) is 13.4. The van der Waals surface area contributed by atoms with Crippen LogP contribution in [0.25, 0.3) is 5.00 Å². The van der Waals surface area contributed by atoms with Gasteiger partial charge in [-0.3, -0.25) is 9.56 Å². The van der Waals surface area contributed by atoms with Gasteiger partial charge in [0.15, 0.2) is 5.82 Å². The van der Waals surface area contributed by atoms with E-state index in [2.05, 4.69) is 54.6 Å². The first kappa shape index (κ1) is 19.3. The van der Waals surface area contributed by atoms with E-state index in [0.717, 1.165) is 47.2 Å². The van der Waals surface area contributed by atoms with Crippen LogP contribution < -0.4 is 0 Å². The lowest BCUT2D eigenvalue weighted by Crippen LogP contribution is -2.24. The number of hydrogen-bond acceptors (Lipinski definition) is 4. The molecule has 0 fully saturated rings. The summed E-state index contributed by atoms with van der Waals surface area (Å²) < 4.78 is 2.22. The monoisotopic (exact) mass is 412 g/mol. The molecule has 1 atom stereocenters. The van der Waals surface area contributed by atoms with Crippen molar-refractivity contribution in [2.45, 2.75) is 59.4 Å². The Morgan fingerprint density at radius 1 is 1.11 bits per heavy atom. The van der Waals surface area contributed by atoms with Crippen molar-refractivity contribution >= 4 is 28.6 Å². The highest BCUT2D eigenvalue weighted by atomic mass is 35.5. The second-order valence-corrected chi connectivity index (χ2v) is 9.35. The summed E-state index contributed by atoms with van der Waals surface area (Å²) in [6.07, 6.45) is 3.14. The molecule has 0 radical (unpaired) electrons. The second kappa shape index (κ2) is 7.12. The summed E-state index contributed by atoms with van der Waals surface area (Å²) in [7, 11) is 0. The van der Waals surface area contributed by atoms with Gasteiger partial charge in [-0.05, 0) is 51.8 Å². The number of hydrogen-bond donors (Lipinski definition) is 0. The van der Waals surface area contributed by atoms with Crippen LogP contribution in [0, 0.1) is 20.8 Å². The summed E-state index contributed by atoms with van der Waals surface area (Å²) in [5.74, 6) is 1.85. The Morgan fingerprint density at radius 2 is 1.82 bits per heavy atom. The molecule has 6 heteroatoms. The van der Waals surface area contributed by atoms with Gasteiger partial charge in [0, 0.05) is 21.0 Å². The third kappa shape index (κ3) is 3.01. The minimum atomic E-state index is -0.425. The van der Waals surface area contributed by atoms with Crippen LogP contribution in [0.15, 0.2) is 29.3 Å². The fourth-order valence-electron chi connectivity index (χ4n) is 3.86. The number of aliphatic imine (C=N–C) groups is 1. The molecule has 3 heterocycles. The molecule has 0 bridgehead atoms. The molecule has 1 aliphatic heterocycles. The van der Waals surface area contributed by atoms with E-state index in [4.69, 9.17) is 16.6 Å². The van der Waals surface area contributed by atoms with Crippen molar-refractivity contribution in [1.82, 2.24) is 14.8 Å². The number of benzene rings is 1. The van der Waals surface area contributed by atoms with Crippen molar-refractivity contribution in [3.05, 3.63) is 62.5 Å². The van der Waals surface area contributed by atoms with E-state index in [1.165, 1.54) is 21.0 Å². The first-order valence-corrected chi connectivity index (χ1v) is 10.9. The smallest absolute Gasteiger partial charge is 0.166 e. The minimum Gasteiger partial charge on any atom is -0.271 e. The number of aryl methyl sites for hydroxylation is 2. The van der Waals surface area contributed by atoms with Crippen molar-refractivity contribution in [3.8, 4) is 5.00 Å². The van der Waals surface area contributed by atoms with Crippen molar-refractivity contribution in [2.75, 3.05) is 0 Å². The number of rotatable bonds is 4. The average Bonchev–Trinajstić information content (AvgIpc) is 3.16. The van der Waals surface area contributed by atoms with Crippen LogP contribution in [-0.2, 0) is 5.54 Å². The molecule has 4 nitrogen and oxygen atoms in total. The van der Waals surface area contributed by atoms with Gasteiger partial charge in [0.25, 0.3) is 0 Å². The lowest BCUT2D eigenvalue weighted by molar-refractivity contribution is 0.408. The van der Waals surface area contributed by atoms with E-state index < -0.39 is 5.54 Å². The van der Waals surface area contributed by atoms with Crippen LogP contribution in [0.4, 0.5) is 0 Å². The molecule has 0 spiro atoms. The molecule has 3 aromatic rings. The highest BCUT2D eigenvalue weighted by Crippen LogP contribution is 2.42. The Kier molecular flexibility index (Phi) is 4.92. The van der Waals surface area contributed by atoms with E-state index in [0.29, 0.717) is 0 Å². The fraction of sp³-hybridized carbons (Fsp3) is 0.409. The number of halogens is 1. The first-order valence-electron chi connectivity index (χ1n) is 9.74. The predicted molar refractivity (Wildman–Crippen MR) is 117 cm³/mol. The Labute approximate surface area is 175 Å². The minimum absolute atomic E-state index is 0.425. The van der Waals surface area contributed by atoms with Gasteiger partial charge in [-0.15, -0.1) is 21.5 Å². The van der Waals surface area contributed by atoms with Gasteiger partial charge in [0.2, 0.25) is 0 Å². The van der Waals surface area contributed by atoms with E-state index in [1.54, 1.807) is 11.3 Å². The molecule has 0 aliphatic carbocycles. The van der Waals surface area contributed by atoms with Gasteiger partial charge in [0.05, 0.1) is 5.71 Å². The largest absolute Gasteiger partial charge is 0.271 e. The maximum absolute atomic E-state index is 6.16. The molecule has 28 heavy (non-hydrogen) atoms. The van der Waals surface area contributed by atoms with Crippen LogP contribution in [0.1, 0.15) is 66.3 Å². The normalized spacial score (nSPS) is 18.4. The zero-order valence-electron chi connectivity index (χ0n) is 17.0. The molecule has 1 aliphatic rings. The number of aromatic nitrogens is 3. The van der Waals surface area contributed by atoms with Gasteiger partial charge < -0.3 is 0 Å². The lowest BCUT2D eigenvalue weighted by Gasteiger charge is -2.24. The molecule has 0 amide bonds. The molecular formula is C22H25ClN4S. The number of thiophene rings is 1. The number of fused-ring (bicyclic) bond motifs is 3. The van der Waals surface area contributed by atoms with Crippen LogP contribution >= 0.6 is 22.9 Å². The molecule has 1 aromatic carbocycles. The standard InChI is InChI=1S/C22H25ClN4S/c1-6-7-12-22(5)21-26-25-15(4)27(21)20-18(13(2)14(3)28-20)19(24-22)16-8-10-17(23)11-9-16/h8-11H,6-7,12H2,1-5H3. The van der Waals surface area contributed by atoms with E-state index in [1.807, 2.05) is 19.1 Å². The Hall–Kier alpha value is -1.98. The van der Waals surface area contributed by atoms with Crippen LogP contribution in [0.3, 0.4) is 0 Å². The summed E-state index contributed by atoms with van der Waals surface area (Å²) in [5.41, 5.74) is 4.15. The van der Waals surface area contributed by atoms with Crippen molar-refractivity contribution in [1.29, 1.82) is 0 Å². The highest BCUT2D eigenvalue weighted by Gasteiger charge is 2.38. The summed E-state index contributed by atoms with van der Waals surface area (Å²) in [6.45, 7) is 10.8. The van der Waals surface area contributed by atoms with E-state index in [-0.39, 0.29) is 0 Å². The SMILES string of the molecule is CCCCC1(C)N=C(c2ccc(Cl)cc2)c2c(sc(C)c2C)-n2c(C)nnc21. The van der Waals surface area contributed by atoms with Crippen molar-refractivity contribution in [2.24, 2.45) is 4.99 Å². The van der Waals surface area contributed by atoms with Gasteiger partial charge in [0.1, 0.15) is 16.4 Å².